The summed E-state index contributed by atoms with van der Waals surface area (Å²) >= 11 is 0. The van der Waals surface area contributed by atoms with E-state index in [0.717, 1.165) is 38.4 Å². The molecule has 0 saturated heterocycles. The fourth-order valence-electron chi connectivity index (χ4n) is 6.41. The maximum Gasteiger partial charge on any atom is 0.0211 e. The molecular weight excluding hydrogens is 691 g/mol. The highest BCUT2D eigenvalue weighted by molar-refractivity contribution is 7.73. The van der Waals surface area contributed by atoms with Crippen LogP contribution >= 0.6 is 15.8 Å². The lowest BCUT2D eigenvalue weighted by atomic mass is 10.0. The van der Waals surface area contributed by atoms with Crippen molar-refractivity contribution >= 4 is 31.8 Å². The summed E-state index contributed by atoms with van der Waals surface area (Å²) in [4.78, 5) is 0. The fourth-order valence-corrected chi connectivity index (χ4v) is 11.1. The second kappa shape index (κ2) is 23.2. The summed E-state index contributed by atoms with van der Waals surface area (Å²) in [6, 6.07) is 63.3. The maximum atomic E-state index is 4.10. The average Bonchev–Trinajstić information content (AvgIpc) is 3.23. The summed E-state index contributed by atoms with van der Waals surface area (Å²) < 4.78 is 0. The summed E-state index contributed by atoms with van der Waals surface area (Å²) in [5.41, 5.74) is 5.39. The van der Waals surface area contributed by atoms with E-state index in [1.807, 2.05) is 30.4 Å². The minimum Gasteiger partial charge on any atom is -0.312 e. The van der Waals surface area contributed by atoms with Crippen LogP contribution in [0.15, 0.2) is 213 Å². The third-order valence-corrected chi connectivity index (χ3v) is 14.4. The number of hydrogen-bond acceptors (Lipinski definition) is 2. The van der Waals surface area contributed by atoms with Gasteiger partial charge in [0.15, 0.2) is 0 Å². The lowest BCUT2D eigenvalue weighted by Gasteiger charge is -2.27. The number of nitrogens with one attached hydrogen (secondary N) is 2. The van der Waals surface area contributed by atoms with Crippen LogP contribution in [0.1, 0.15) is 22.3 Å². The second-order valence-corrected chi connectivity index (χ2v) is 17.8. The summed E-state index contributed by atoms with van der Waals surface area (Å²) in [5, 5.41) is 13.3. The molecule has 6 aromatic rings. The Hall–Kier alpha value is -4.68. The van der Waals surface area contributed by atoms with Crippen molar-refractivity contribution in [3.05, 3.63) is 235 Å². The molecule has 0 aliphatic carbocycles. The van der Waals surface area contributed by atoms with Gasteiger partial charge in [0.1, 0.15) is 0 Å². The number of rotatable bonds is 18. The Morgan fingerprint density at radius 1 is 0.593 bits per heavy atom. The minimum atomic E-state index is -0.513. The highest BCUT2D eigenvalue weighted by atomic mass is 31.1. The Bertz CT molecular complexity index is 1920. The molecular formula is C50H54N2P2. The van der Waals surface area contributed by atoms with Gasteiger partial charge in [0.2, 0.25) is 0 Å². The predicted octanol–water partition coefficient (Wildman–Crippen LogP) is 10.7. The molecule has 6 rings (SSSR count). The molecule has 0 amide bonds. The van der Waals surface area contributed by atoms with E-state index in [-0.39, 0.29) is 0 Å². The summed E-state index contributed by atoms with van der Waals surface area (Å²) in [6.45, 7) is 12.7. The topological polar surface area (TPSA) is 24.1 Å². The van der Waals surface area contributed by atoms with Crippen molar-refractivity contribution in [2.24, 2.45) is 0 Å². The Balaban J connectivity index is 0.000000719. The molecule has 0 aliphatic heterocycles. The maximum absolute atomic E-state index is 4.10. The van der Waals surface area contributed by atoms with E-state index < -0.39 is 15.8 Å². The third kappa shape index (κ3) is 13.3. The quantitative estimate of drug-likeness (QED) is 0.0520. The zero-order chi connectivity index (χ0) is 37.6. The molecule has 2 N–H and O–H groups in total. The van der Waals surface area contributed by atoms with Crippen LogP contribution in [0.2, 0.25) is 0 Å². The van der Waals surface area contributed by atoms with Gasteiger partial charge in [-0.25, -0.2) is 0 Å². The second-order valence-electron chi connectivity index (χ2n) is 13.2. The van der Waals surface area contributed by atoms with Crippen LogP contribution in [-0.2, 0) is 19.5 Å². The molecule has 2 nitrogen and oxygen atoms in total. The molecule has 0 fully saturated rings. The van der Waals surface area contributed by atoms with Crippen molar-refractivity contribution in [2.45, 2.75) is 32.5 Å². The molecule has 0 aromatic heterocycles. The molecule has 54 heavy (non-hydrogen) atoms. The predicted molar refractivity (Wildman–Crippen MR) is 240 cm³/mol. The van der Waals surface area contributed by atoms with Gasteiger partial charge in [-0.3, -0.25) is 0 Å². The molecule has 0 heterocycles. The monoisotopic (exact) mass is 744 g/mol. The molecule has 0 bridgehead atoms. The van der Waals surface area contributed by atoms with Crippen molar-refractivity contribution in [1.82, 2.24) is 10.6 Å². The van der Waals surface area contributed by atoms with Gasteiger partial charge in [-0.1, -0.05) is 213 Å². The van der Waals surface area contributed by atoms with E-state index in [0.29, 0.717) is 6.04 Å². The van der Waals surface area contributed by atoms with Crippen molar-refractivity contribution in [3.8, 4) is 0 Å². The van der Waals surface area contributed by atoms with Gasteiger partial charge in [0, 0.05) is 19.1 Å². The van der Waals surface area contributed by atoms with E-state index >= 15 is 0 Å². The molecule has 0 radical (unpaired) electrons. The standard InChI is InChI=1S/C43H46N2P2.C7H8/c1-3-19-40(4-2)46(41-24-11-6-12-25-41)31-30-44-33-37-22-17-18-23-38(37)34-45-39(32-36-20-9-5-10-21-36)35-47(42-26-13-7-14-27-42)43-28-15-8-16-29-43;1-7-5-3-2-4-6-7/h3-29,39,44-45H,1-2,30-35H2;2-6H,1H3/b40-19+;. The minimum absolute atomic E-state index is 0.327. The van der Waals surface area contributed by atoms with Crippen LogP contribution < -0.4 is 26.5 Å². The summed E-state index contributed by atoms with van der Waals surface area (Å²) in [6.07, 6.45) is 9.10. The van der Waals surface area contributed by atoms with E-state index in [1.54, 1.807) is 0 Å². The van der Waals surface area contributed by atoms with Gasteiger partial charge >= 0.3 is 0 Å². The Kier molecular flexibility index (Phi) is 17.4. The number of benzene rings is 6. The van der Waals surface area contributed by atoms with Crippen molar-refractivity contribution in [2.75, 3.05) is 18.9 Å². The van der Waals surface area contributed by atoms with Crippen LogP contribution in [0.5, 0.6) is 0 Å². The molecule has 0 spiro atoms. The average molecular weight is 745 g/mol. The van der Waals surface area contributed by atoms with E-state index in [2.05, 4.69) is 195 Å². The smallest absolute Gasteiger partial charge is 0.0211 e. The van der Waals surface area contributed by atoms with Crippen LogP contribution in [0.25, 0.3) is 0 Å². The lowest BCUT2D eigenvalue weighted by molar-refractivity contribution is 0.548. The molecule has 4 heteroatoms. The first-order valence-electron chi connectivity index (χ1n) is 18.9. The van der Waals surface area contributed by atoms with Gasteiger partial charge in [0.25, 0.3) is 0 Å². The molecule has 6 aromatic carbocycles. The number of aryl methyl sites for hydroxylation is 1. The van der Waals surface area contributed by atoms with Crippen molar-refractivity contribution < 1.29 is 0 Å². The normalized spacial score (nSPS) is 12.3. The Labute approximate surface area is 327 Å². The lowest BCUT2D eigenvalue weighted by Crippen LogP contribution is -2.36. The van der Waals surface area contributed by atoms with E-state index in [9.17, 15) is 0 Å². The number of allylic oxidation sites excluding steroid dienone is 4. The van der Waals surface area contributed by atoms with Gasteiger partial charge in [0.05, 0.1) is 0 Å². The third-order valence-electron chi connectivity index (χ3n) is 9.21. The summed E-state index contributed by atoms with van der Waals surface area (Å²) in [5.74, 6) is 0. The molecule has 0 saturated carbocycles. The first kappa shape index (κ1) is 40.5. The summed E-state index contributed by atoms with van der Waals surface area (Å²) in [7, 11) is -1.01. The van der Waals surface area contributed by atoms with Crippen LogP contribution in [0, 0.1) is 6.92 Å². The molecule has 0 aliphatic rings. The van der Waals surface area contributed by atoms with Crippen LogP contribution in [-0.4, -0.2) is 24.9 Å². The van der Waals surface area contributed by atoms with Crippen molar-refractivity contribution in [1.29, 1.82) is 0 Å². The highest BCUT2D eigenvalue weighted by Crippen LogP contribution is 2.43. The Morgan fingerprint density at radius 2 is 1.07 bits per heavy atom. The first-order valence-corrected chi connectivity index (χ1v) is 21.9. The van der Waals surface area contributed by atoms with Gasteiger partial charge < -0.3 is 10.6 Å². The Morgan fingerprint density at radius 3 is 1.57 bits per heavy atom. The van der Waals surface area contributed by atoms with Gasteiger partial charge in [-0.05, 0) is 86.0 Å². The van der Waals surface area contributed by atoms with E-state index in [4.69, 9.17) is 0 Å². The highest BCUT2D eigenvalue weighted by Gasteiger charge is 2.20. The van der Waals surface area contributed by atoms with Crippen LogP contribution in [0.3, 0.4) is 0 Å². The largest absolute Gasteiger partial charge is 0.312 e. The van der Waals surface area contributed by atoms with Gasteiger partial charge in [-0.2, -0.15) is 0 Å². The SMILES string of the molecule is C=C/C=C(\C=C)P(CCNCc1ccccc1CNC(Cc1ccccc1)CP(c1ccccc1)c1ccccc1)c1ccccc1.Cc1ccccc1. The molecule has 274 valence electrons. The first-order chi connectivity index (χ1) is 26.6. The zero-order valence-corrected chi connectivity index (χ0v) is 33.4. The van der Waals surface area contributed by atoms with Crippen molar-refractivity contribution in [3.63, 3.8) is 0 Å². The zero-order valence-electron chi connectivity index (χ0n) is 31.6. The number of hydrogen-bond donors (Lipinski definition) is 2. The fraction of sp³-hybridized carbons (Fsp3) is 0.160. The molecule has 2 unspecified atom stereocenters. The molecule has 2 atom stereocenters. The van der Waals surface area contributed by atoms with Crippen LogP contribution in [0.4, 0.5) is 0 Å². The van der Waals surface area contributed by atoms with E-state index in [1.165, 1.54) is 43.5 Å². The van der Waals surface area contributed by atoms with Gasteiger partial charge in [-0.15, -0.1) is 0 Å².